The molecule has 0 aromatic heterocycles. The highest BCUT2D eigenvalue weighted by Gasteiger charge is 2.26. The van der Waals surface area contributed by atoms with Crippen LogP contribution in [0.25, 0.3) is 0 Å². The molecule has 3 nitrogen and oxygen atoms in total. The van der Waals surface area contributed by atoms with E-state index in [9.17, 15) is 0 Å². The topological polar surface area (TPSA) is 44.5 Å². The largest absolute Gasteiger partial charge is 0.497 e. The van der Waals surface area contributed by atoms with Crippen LogP contribution in [-0.4, -0.2) is 19.0 Å². The lowest BCUT2D eigenvalue weighted by atomic mass is 10.0. The number of para-hydroxylation sites is 1. The Kier molecular flexibility index (Phi) is 3.85. The first-order valence-corrected chi connectivity index (χ1v) is 7.54. The molecule has 0 aliphatic carbocycles. The molecule has 2 unspecified atom stereocenters. The van der Waals surface area contributed by atoms with Gasteiger partial charge in [0.05, 0.1) is 13.2 Å². The van der Waals surface area contributed by atoms with Gasteiger partial charge in [-0.1, -0.05) is 24.3 Å². The fraction of sp³-hybridized carbons (Fsp3) is 0.250. The van der Waals surface area contributed by atoms with Crippen LogP contribution in [0.2, 0.25) is 0 Å². The molecule has 0 fully saturated rings. The zero-order valence-electron chi connectivity index (χ0n) is 11.3. The van der Waals surface area contributed by atoms with Crippen LogP contribution in [0.4, 0.5) is 0 Å². The molecular formula is C16H17NO2S. The predicted molar refractivity (Wildman–Crippen MR) is 81.5 cm³/mol. The number of benzene rings is 2. The lowest BCUT2D eigenvalue weighted by Gasteiger charge is -2.30. The van der Waals surface area contributed by atoms with Crippen molar-refractivity contribution in [1.82, 2.24) is 0 Å². The number of fused-ring (bicyclic) bond motifs is 1. The van der Waals surface area contributed by atoms with E-state index in [-0.39, 0.29) is 12.1 Å². The lowest BCUT2D eigenvalue weighted by molar-refractivity contribution is 0.185. The maximum Gasteiger partial charge on any atom is 0.133 e. The van der Waals surface area contributed by atoms with Crippen LogP contribution in [0, 0.1) is 0 Å². The minimum absolute atomic E-state index is 0.0259. The molecule has 20 heavy (non-hydrogen) atoms. The molecule has 4 heteroatoms. The quantitative estimate of drug-likeness (QED) is 0.941. The highest BCUT2D eigenvalue weighted by atomic mass is 32.2. The Morgan fingerprint density at radius 2 is 2.10 bits per heavy atom. The summed E-state index contributed by atoms with van der Waals surface area (Å²) in [6.45, 7) is 0. The molecule has 3 rings (SSSR count). The van der Waals surface area contributed by atoms with E-state index in [4.69, 9.17) is 15.2 Å². The van der Waals surface area contributed by atoms with E-state index < -0.39 is 0 Å². The van der Waals surface area contributed by atoms with Crippen molar-refractivity contribution in [1.29, 1.82) is 0 Å². The fourth-order valence-electron chi connectivity index (χ4n) is 2.28. The molecule has 2 aromatic carbocycles. The number of methoxy groups -OCH3 is 1. The highest BCUT2D eigenvalue weighted by Crippen LogP contribution is 2.37. The first kappa shape index (κ1) is 13.3. The summed E-state index contributed by atoms with van der Waals surface area (Å²) in [4.78, 5) is 1.18. The summed E-state index contributed by atoms with van der Waals surface area (Å²) in [5, 5.41) is 0. The maximum atomic E-state index is 6.36. The highest BCUT2D eigenvalue weighted by molar-refractivity contribution is 7.99. The van der Waals surface area contributed by atoms with Gasteiger partial charge in [0.15, 0.2) is 0 Å². The van der Waals surface area contributed by atoms with Crippen molar-refractivity contribution in [3.63, 3.8) is 0 Å². The first-order chi connectivity index (χ1) is 9.78. The van der Waals surface area contributed by atoms with Crippen molar-refractivity contribution in [2.75, 3.05) is 12.9 Å². The van der Waals surface area contributed by atoms with Crippen LogP contribution < -0.4 is 15.2 Å². The Morgan fingerprint density at radius 1 is 1.25 bits per heavy atom. The number of hydrogen-bond acceptors (Lipinski definition) is 4. The van der Waals surface area contributed by atoms with Gasteiger partial charge >= 0.3 is 0 Å². The monoisotopic (exact) mass is 287 g/mol. The molecular weight excluding hydrogens is 270 g/mol. The van der Waals surface area contributed by atoms with Gasteiger partial charge in [-0.3, -0.25) is 0 Å². The third-order valence-electron chi connectivity index (χ3n) is 3.41. The number of nitrogens with two attached hydrogens (primary N) is 1. The standard InChI is InChI=1S/C16H17NO2S/c1-18-12-6-4-5-11(9-12)16(17)14-10-20-15-8-3-2-7-13(15)19-14/h2-9,14,16H,10,17H2,1H3. The first-order valence-electron chi connectivity index (χ1n) is 6.56. The Hall–Kier alpha value is -1.65. The van der Waals surface area contributed by atoms with Gasteiger partial charge in [-0.05, 0) is 29.8 Å². The Balaban J connectivity index is 1.80. The molecule has 0 spiro atoms. The van der Waals surface area contributed by atoms with Crippen LogP contribution in [0.1, 0.15) is 11.6 Å². The summed E-state index contributed by atoms with van der Waals surface area (Å²) in [6, 6.07) is 15.8. The van der Waals surface area contributed by atoms with Crippen molar-refractivity contribution in [3.05, 3.63) is 54.1 Å². The van der Waals surface area contributed by atoms with Crippen molar-refractivity contribution >= 4 is 11.8 Å². The zero-order valence-corrected chi connectivity index (χ0v) is 12.1. The van der Waals surface area contributed by atoms with E-state index in [1.807, 2.05) is 42.5 Å². The van der Waals surface area contributed by atoms with Crippen LogP contribution in [0.3, 0.4) is 0 Å². The molecule has 0 radical (unpaired) electrons. The van der Waals surface area contributed by atoms with Gasteiger partial charge < -0.3 is 15.2 Å². The summed E-state index contributed by atoms with van der Waals surface area (Å²) < 4.78 is 11.3. The van der Waals surface area contributed by atoms with Gasteiger partial charge in [-0.25, -0.2) is 0 Å². The van der Waals surface area contributed by atoms with Crippen LogP contribution in [-0.2, 0) is 0 Å². The van der Waals surface area contributed by atoms with Gasteiger partial charge in [0, 0.05) is 10.6 Å². The van der Waals surface area contributed by atoms with E-state index >= 15 is 0 Å². The summed E-state index contributed by atoms with van der Waals surface area (Å²) in [6.07, 6.45) is -0.0259. The van der Waals surface area contributed by atoms with Crippen molar-refractivity contribution in [2.24, 2.45) is 5.73 Å². The second-order valence-electron chi connectivity index (χ2n) is 4.72. The van der Waals surface area contributed by atoms with E-state index in [0.717, 1.165) is 22.8 Å². The predicted octanol–water partition coefficient (Wildman–Crippen LogP) is 3.25. The molecule has 0 saturated heterocycles. The van der Waals surface area contributed by atoms with Crippen LogP contribution in [0.15, 0.2) is 53.4 Å². The molecule has 1 aliphatic heterocycles. The zero-order chi connectivity index (χ0) is 13.9. The Bertz CT molecular complexity index is 603. The van der Waals surface area contributed by atoms with E-state index in [1.54, 1.807) is 18.9 Å². The summed E-state index contributed by atoms with van der Waals surface area (Å²) in [5.41, 5.74) is 7.39. The van der Waals surface area contributed by atoms with Gasteiger partial charge in [0.2, 0.25) is 0 Å². The minimum atomic E-state index is -0.161. The average molecular weight is 287 g/mol. The normalized spacial score (nSPS) is 18.8. The SMILES string of the molecule is COc1cccc(C(N)C2CSc3ccccc3O2)c1. The smallest absolute Gasteiger partial charge is 0.133 e. The number of ether oxygens (including phenoxy) is 2. The molecule has 0 bridgehead atoms. The molecule has 2 atom stereocenters. The molecule has 0 amide bonds. The van der Waals surface area contributed by atoms with Gasteiger partial charge in [-0.2, -0.15) is 0 Å². The summed E-state index contributed by atoms with van der Waals surface area (Å²) in [5.74, 6) is 2.60. The average Bonchev–Trinajstić information content (AvgIpc) is 2.53. The van der Waals surface area contributed by atoms with Crippen LogP contribution in [0.5, 0.6) is 11.5 Å². The fourth-order valence-corrected chi connectivity index (χ4v) is 3.33. The number of thioether (sulfide) groups is 1. The molecule has 1 heterocycles. The Labute approximate surface area is 123 Å². The summed E-state index contributed by atoms with van der Waals surface area (Å²) >= 11 is 1.79. The minimum Gasteiger partial charge on any atom is -0.497 e. The summed E-state index contributed by atoms with van der Waals surface area (Å²) in [7, 11) is 1.66. The van der Waals surface area contributed by atoms with Crippen molar-refractivity contribution in [3.8, 4) is 11.5 Å². The van der Waals surface area contributed by atoms with Crippen molar-refractivity contribution < 1.29 is 9.47 Å². The molecule has 0 saturated carbocycles. The van der Waals surface area contributed by atoms with E-state index in [2.05, 4.69) is 6.07 Å². The Morgan fingerprint density at radius 3 is 2.95 bits per heavy atom. The van der Waals surface area contributed by atoms with E-state index in [1.165, 1.54) is 4.90 Å². The van der Waals surface area contributed by atoms with Gasteiger partial charge in [-0.15, -0.1) is 11.8 Å². The lowest BCUT2D eigenvalue weighted by Crippen LogP contribution is -2.35. The van der Waals surface area contributed by atoms with Gasteiger partial charge in [0.1, 0.15) is 17.6 Å². The number of hydrogen-bond donors (Lipinski definition) is 1. The molecule has 2 N–H and O–H groups in total. The van der Waals surface area contributed by atoms with Gasteiger partial charge in [0.25, 0.3) is 0 Å². The number of rotatable bonds is 3. The maximum absolute atomic E-state index is 6.36. The van der Waals surface area contributed by atoms with E-state index in [0.29, 0.717) is 0 Å². The third-order valence-corrected chi connectivity index (χ3v) is 4.55. The second kappa shape index (κ2) is 5.77. The molecule has 1 aliphatic rings. The second-order valence-corrected chi connectivity index (χ2v) is 5.78. The van der Waals surface area contributed by atoms with Crippen molar-refractivity contribution in [2.45, 2.75) is 17.0 Å². The molecule has 2 aromatic rings. The van der Waals surface area contributed by atoms with Crippen LogP contribution >= 0.6 is 11.8 Å². The molecule has 104 valence electrons. The third kappa shape index (κ3) is 2.62.